The fraction of sp³-hybridized carbons (Fsp3) is 0.238. The average molecular weight is 336 g/mol. The van der Waals surface area contributed by atoms with Gasteiger partial charge in [-0.25, -0.2) is 0 Å². The van der Waals surface area contributed by atoms with Gasteiger partial charge in [0, 0.05) is 11.0 Å². The van der Waals surface area contributed by atoms with E-state index in [4.69, 9.17) is 4.74 Å². The number of aliphatic imine (C=N–C) groups is 1. The molecule has 2 aromatic rings. The van der Waals surface area contributed by atoms with Crippen LogP contribution in [0.2, 0.25) is 0 Å². The lowest BCUT2D eigenvalue weighted by molar-refractivity contribution is -0.128. The molecule has 0 heterocycles. The van der Waals surface area contributed by atoms with E-state index in [0.29, 0.717) is 18.2 Å². The number of nitrogens with one attached hydrogen (secondary N) is 1. The molecule has 0 radical (unpaired) electrons. The summed E-state index contributed by atoms with van der Waals surface area (Å²) in [7, 11) is 0. The van der Waals surface area contributed by atoms with Crippen molar-refractivity contribution in [1.82, 2.24) is 5.32 Å². The molecule has 1 amide bonds. The van der Waals surface area contributed by atoms with E-state index in [1.165, 1.54) is 0 Å². The lowest BCUT2D eigenvalue weighted by Gasteiger charge is -2.21. The molecule has 130 valence electrons. The second kappa shape index (κ2) is 8.29. The van der Waals surface area contributed by atoms with Gasteiger partial charge in [0.05, 0.1) is 0 Å². The Bertz CT molecular complexity index is 744. The van der Waals surface area contributed by atoms with Crippen molar-refractivity contribution in [2.24, 2.45) is 10.4 Å². The minimum Gasteiger partial charge on any atom is -0.473 e. The molecule has 0 atom stereocenters. The van der Waals surface area contributed by atoms with Gasteiger partial charge in [0.15, 0.2) is 0 Å². The molecule has 0 aliphatic heterocycles. The second-order valence-electron chi connectivity index (χ2n) is 6.68. The van der Waals surface area contributed by atoms with Crippen LogP contribution in [-0.4, -0.2) is 12.6 Å². The van der Waals surface area contributed by atoms with Crippen LogP contribution in [0.1, 0.15) is 31.9 Å². The number of carbonyl (C=O) groups is 1. The molecule has 0 saturated carbocycles. The van der Waals surface area contributed by atoms with E-state index < -0.39 is 5.41 Å². The van der Waals surface area contributed by atoms with E-state index in [2.05, 4.69) is 17.0 Å². The van der Waals surface area contributed by atoms with Crippen molar-refractivity contribution in [1.29, 1.82) is 0 Å². The molecule has 0 aliphatic rings. The molecule has 0 saturated heterocycles. The Balaban J connectivity index is 2.34. The summed E-state index contributed by atoms with van der Waals surface area (Å²) >= 11 is 0. The van der Waals surface area contributed by atoms with Gasteiger partial charge in [-0.2, -0.15) is 0 Å². The predicted octanol–water partition coefficient (Wildman–Crippen LogP) is 4.39. The maximum absolute atomic E-state index is 12.5. The number of carbonyl (C=O) groups excluding carboxylic acids is 1. The molecule has 0 bridgehead atoms. The SMILES string of the molecule is C=N/C(=C(/NC(=O)C(C)(C)C)OCc1ccccc1)c1ccccc1. The van der Waals surface area contributed by atoms with Crippen LogP contribution in [0.4, 0.5) is 0 Å². The molecule has 0 aliphatic carbocycles. The summed E-state index contributed by atoms with van der Waals surface area (Å²) in [4.78, 5) is 16.5. The topological polar surface area (TPSA) is 50.7 Å². The molecule has 4 nitrogen and oxygen atoms in total. The van der Waals surface area contributed by atoms with Crippen LogP contribution in [0.15, 0.2) is 71.5 Å². The Morgan fingerprint density at radius 2 is 1.60 bits per heavy atom. The lowest BCUT2D eigenvalue weighted by Crippen LogP contribution is -2.35. The maximum Gasteiger partial charge on any atom is 0.232 e. The second-order valence-corrected chi connectivity index (χ2v) is 6.68. The van der Waals surface area contributed by atoms with Crippen molar-refractivity contribution in [2.75, 3.05) is 0 Å². The molecule has 0 unspecified atom stereocenters. The zero-order valence-corrected chi connectivity index (χ0v) is 15.0. The van der Waals surface area contributed by atoms with Gasteiger partial charge < -0.3 is 4.74 Å². The number of hydrogen-bond acceptors (Lipinski definition) is 3. The van der Waals surface area contributed by atoms with Gasteiger partial charge in [-0.1, -0.05) is 81.4 Å². The Kier molecular flexibility index (Phi) is 6.12. The van der Waals surface area contributed by atoms with Crippen LogP contribution in [0.3, 0.4) is 0 Å². The van der Waals surface area contributed by atoms with Crippen LogP contribution in [0.25, 0.3) is 5.70 Å². The first-order valence-corrected chi connectivity index (χ1v) is 8.16. The normalized spacial score (nSPS) is 12.1. The Labute approximate surface area is 149 Å². The van der Waals surface area contributed by atoms with Crippen LogP contribution in [0, 0.1) is 5.41 Å². The van der Waals surface area contributed by atoms with Crippen molar-refractivity contribution >= 4 is 18.3 Å². The zero-order valence-electron chi connectivity index (χ0n) is 15.0. The first kappa shape index (κ1) is 18.5. The molecule has 0 spiro atoms. The number of amides is 1. The fourth-order valence-corrected chi connectivity index (χ4v) is 2.07. The zero-order chi connectivity index (χ0) is 18.3. The quantitative estimate of drug-likeness (QED) is 0.628. The van der Waals surface area contributed by atoms with E-state index in [0.717, 1.165) is 11.1 Å². The molecule has 25 heavy (non-hydrogen) atoms. The molecule has 2 rings (SSSR count). The third-order valence-electron chi connectivity index (χ3n) is 3.55. The van der Waals surface area contributed by atoms with E-state index >= 15 is 0 Å². The molecule has 2 aromatic carbocycles. The highest BCUT2D eigenvalue weighted by Gasteiger charge is 2.24. The summed E-state index contributed by atoms with van der Waals surface area (Å²) in [6, 6.07) is 19.3. The highest BCUT2D eigenvalue weighted by molar-refractivity contribution is 5.85. The standard InChI is InChI=1S/C21H24N2O2/c1-21(2,3)20(24)23-19(25-15-16-11-7-5-8-12-16)18(22-4)17-13-9-6-10-14-17/h5-14H,4,15H2,1-3H3,(H,23,24)/b19-18-. The number of hydrogen-bond donors (Lipinski definition) is 1. The Morgan fingerprint density at radius 1 is 1.04 bits per heavy atom. The summed E-state index contributed by atoms with van der Waals surface area (Å²) < 4.78 is 5.92. The van der Waals surface area contributed by atoms with Crippen LogP contribution < -0.4 is 5.32 Å². The van der Waals surface area contributed by atoms with E-state index in [9.17, 15) is 4.79 Å². The van der Waals surface area contributed by atoms with Crippen molar-refractivity contribution in [3.8, 4) is 0 Å². The number of rotatable bonds is 6. The highest BCUT2D eigenvalue weighted by atomic mass is 16.5. The van der Waals surface area contributed by atoms with Crippen LogP contribution in [0.5, 0.6) is 0 Å². The number of benzene rings is 2. The van der Waals surface area contributed by atoms with Gasteiger partial charge in [-0.05, 0) is 12.3 Å². The smallest absolute Gasteiger partial charge is 0.232 e. The Hall–Kier alpha value is -2.88. The number of ether oxygens (including phenoxy) is 1. The third kappa shape index (κ3) is 5.31. The van der Waals surface area contributed by atoms with Crippen molar-refractivity contribution < 1.29 is 9.53 Å². The van der Waals surface area contributed by atoms with Crippen molar-refractivity contribution in [3.63, 3.8) is 0 Å². The maximum atomic E-state index is 12.5. The third-order valence-corrected chi connectivity index (χ3v) is 3.55. The van der Waals surface area contributed by atoms with Crippen LogP contribution >= 0.6 is 0 Å². The predicted molar refractivity (Wildman–Crippen MR) is 102 cm³/mol. The summed E-state index contributed by atoms with van der Waals surface area (Å²) in [5.74, 6) is 0.164. The van der Waals surface area contributed by atoms with E-state index in [1.54, 1.807) is 0 Å². The average Bonchev–Trinajstić information content (AvgIpc) is 2.61. The van der Waals surface area contributed by atoms with Gasteiger partial charge in [0.2, 0.25) is 11.8 Å². The van der Waals surface area contributed by atoms with Crippen molar-refractivity contribution in [3.05, 3.63) is 77.7 Å². The van der Waals surface area contributed by atoms with Crippen molar-refractivity contribution in [2.45, 2.75) is 27.4 Å². The summed E-state index contributed by atoms with van der Waals surface area (Å²) in [6.45, 7) is 9.51. The minimum atomic E-state index is -0.551. The molecular formula is C21H24N2O2. The van der Waals surface area contributed by atoms with E-state index in [1.807, 2.05) is 81.4 Å². The summed E-state index contributed by atoms with van der Waals surface area (Å²) in [5.41, 5.74) is 1.79. The minimum absolute atomic E-state index is 0.146. The Morgan fingerprint density at radius 3 is 2.12 bits per heavy atom. The van der Waals surface area contributed by atoms with Crippen LogP contribution in [-0.2, 0) is 16.1 Å². The van der Waals surface area contributed by atoms with E-state index in [-0.39, 0.29) is 5.91 Å². The first-order valence-electron chi connectivity index (χ1n) is 8.16. The monoisotopic (exact) mass is 336 g/mol. The van der Waals surface area contributed by atoms with Gasteiger partial charge in [-0.15, -0.1) is 0 Å². The molecule has 0 fully saturated rings. The highest BCUT2D eigenvalue weighted by Crippen LogP contribution is 2.22. The lowest BCUT2D eigenvalue weighted by atomic mass is 9.96. The molecule has 0 aromatic heterocycles. The molecule has 1 N–H and O–H groups in total. The summed E-state index contributed by atoms with van der Waals surface area (Å²) in [5, 5.41) is 2.86. The molecular weight excluding hydrogens is 312 g/mol. The first-order chi connectivity index (χ1) is 11.9. The summed E-state index contributed by atoms with van der Waals surface area (Å²) in [6.07, 6.45) is 0. The largest absolute Gasteiger partial charge is 0.473 e. The van der Waals surface area contributed by atoms with Gasteiger partial charge in [0.1, 0.15) is 12.3 Å². The fourth-order valence-electron chi connectivity index (χ4n) is 2.07. The van der Waals surface area contributed by atoms with Gasteiger partial charge in [0.25, 0.3) is 0 Å². The van der Waals surface area contributed by atoms with Gasteiger partial charge in [-0.3, -0.25) is 15.1 Å². The molecule has 4 heteroatoms. The number of nitrogens with zero attached hydrogens (tertiary/aromatic N) is 1. The van der Waals surface area contributed by atoms with Gasteiger partial charge >= 0.3 is 0 Å².